The Morgan fingerprint density at radius 1 is 1.04 bits per heavy atom. The summed E-state index contributed by atoms with van der Waals surface area (Å²) < 4.78 is 0. The molecule has 0 spiro atoms. The largest absolute Gasteiger partial charge is 0.390 e. The lowest BCUT2D eigenvalue weighted by atomic mass is 9.98. The molecule has 2 amide bonds. The molecule has 0 aliphatic heterocycles. The molecule has 0 atom stereocenters. The van der Waals surface area contributed by atoms with Crippen LogP contribution in [0.5, 0.6) is 0 Å². The standard InChI is InChI=1S/C22H28N2O3/c1-5-20(25)23-18-11-6-15(2)19(14-18)24-21(26)17-9-7-16(8-10-17)12-13-22(3,4)27/h6-11,14,27H,5,12-13H2,1-4H3,(H,23,25)(H,24,26). The normalized spacial score (nSPS) is 11.1. The van der Waals surface area contributed by atoms with Gasteiger partial charge in [0.05, 0.1) is 5.60 Å². The molecular formula is C22H28N2O3. The van der Waals surface area contributed by atoms with E-state index in [-0.39, 0.29) is 11.8 Å². The Balaban J connectivity index is 2.06. The average molecular weight is 368 g/mol. The highest BCUT2D eigenvalue weighted by molar-refractivity contribution is 6.05. The van der Waals surface area contributed by atoms with E-state index in [1.165, 1.54) is 0 Å². The Kier molecular flexibility index (Phi) is 6.75. The number of carbonyl (C=O) groups excluding carboxylic acids is 2. The van der Waals surface area contributed by atoms with Gasteiger partial charge in [-0.1, -0.05) is 25.1 Å². The van der Waals surface area contributed by atoms with E-state index in [1.807, 2.05) is 31.2 Å². The van der Waals surface area contributed by atoms with E-state index >= 15 is 0 Å². The number of carbonyl (C=O) groups is 2. The van der Waals surface area contributed by atoms with Gasteiger partial charge < -0.3 is 15.7 Å². The Morgan fingerprint density at radius 3 is 2.30 bits per heavy atom. The van der Waals surface area contributed by atoms with Crippen LogP contribution in [0.4, 0.5) is 11.4 Å². The SMILES string of the molecule is CCC(=O)Nc1ccc(C)c(NC(=O)c2ccc(CCC(C)(C)O)cc2)c1. The summed E-state index contributed by atoms with van der Waals surface area (Å²) in [6.45, 7) is 7.26. The summed E-state index contributed by atoms with van der Waals surface area (Å²) in [5.41, 5.74) is 3.18. The Bertz CT molecular complexity index is 805. The van der Waals surface area contributed by atoms with Crippen molar-refractivity contribution in [2.75, 3.05) is 10.6 Å². The lowest BCUT2D eigenvalue weighted by molar-refractivity contribution is -0.115. The second kappa shape index (κ2) is 8.82. The van der Waals surface area contributed by atoms with Crippen molar-refractivity contribution in [2.45, 2.75) is 52.6 Å². The van der Waals surface area contributed by atoms with Gasteiger partial charge in [-0.25, -0.2) is 0 Å². The first-order valence-electron chi connectivity index (χ1n) is 9.21. The van der Waals surface area contributed by atoms with Crippen LogP contribution in [0.15, 0.2) is 42.5 Å². The molecule has 0 saturated carbocycles. The zero-order chi connectivity index (χ0) is 20.0. The molecule has 3 N–H and O–H groups in total. The second-order valence-electron chi connectivity index (χ2n) is 7.39. The Labute approximate surface area is 160 Å². The van der Waals surface area contributed by atoms with E-state index in [2.05, 4.69) is 10.6 Å². The molecule has 2 rings (SSSR count). The summed E-state index contributed by atoms with van der Waals surface area (Å²) in [6.07, 6.45) is 1.81. The van der Waals surface area contributed by atoms with E-state index in [4.69, 9.17) is 0 Å². The van der Waals surface area contributed by atoms with Crippen LogP contribution in [0.1, 0.15) is 55.1 Å². The summed E-state index contributed by atoms with van der Waals surface area (Å²) in [6, 6.07) is 12.8. The van der Waals surface area contributed by atoms with Gasteiger partial charge in [0.15, 0.2) is 0 Å². The van der Waals surface area contributed by atoms with Crippen molar-refractivity contribution in [1.29, 1.82) is 0 Å². The molecule has 0 fully saturated rings. The molecule has 0 saturated heterocycles. The van der Waals surface area contributed by atoms with Crippen molar-refractivity contribution < 1.29 is 14.7 Å². The van der Waals surface area contributed by atoms with Gasteiger partial charge in [0, 0.05) is 23.4 Å². The van der Waals surface area contributed by atoms with Gasteiger partial charge in [-0.15, -0.1) is 0 Å². The van der Waals surface area contributed by atoms with E-state index in [9.17, 15) is 14.7 Å². The zero-order valence-corrected chi connectivity index (χ0v) is 16.4. The fourth-order valence-corrected chi connectivity index (χ4v) is 2.55. The maximum absolute atomic E-state index is 12.5. The Hall–Kier alpha value is -2.66. The highest BCUT2D eigenvalue weighted by Gasteiger charge is 2.13. The lowest BCUT2D eigenvalue weighted by Gasteiger charge is -2.16. The minimum absolute atomic E-state index is 0.0715. The first kappa shape index (κ1) is 20.6. The monoisotopic (exact) mass is 368 g/mol. The van der Waals surface area contributed by atoms with Crippen molar-refractivity contribution in [3.05, 3.63) is 59.2 Å². The molecule has 5 heteroatoms. The topological polar surface area (TPSA) is 78.4 Å². The number of hydrogen-bond acceptors (Lipinski definition) is 3. The van der Waals surface area contributed by atoms with Crippen LogP contribution in [0.2, 0.25) is 0 Å². The van der Waals surface area contributed by atoms with Crippen molar-refractivity contribution in [3.63, 3.8) is 0 Å². The average Bonchev–Trinajstić information content (AvgIpc) is 2.62. The van der Waals surface area contributed by atoms with Crippen LogP contribution in [0.25, 0.3) is 0 Å². The maximum atomic E-state index is 12.5. The smallest absolute Gasteiger partial charge is 0.255 e. The predicted molar refractivity (Wildman–Crippen MR) is 109 cm³/mol. The van der Waals surface area contributed by atoms with Crippen LogP contribution in [-0.4, -0.2) is 22.5 Å². The first-order valence-corrected chi connectivity index (χ1v) is 9.21. The number of aryl methyl sites for hydroxylation is 2. The first-order chi connectivity index (χ1) is 12.7. The molecule has 0 unspecified atom stereocenters. The summed E-state index contributed by atoms with van der Waals surface area (Å²) in [5, 5.41) is 15.5. The number of anilines is 2. The highest BCUT2D eigenvalue weighted by atomic mass is 16.3. The van der Waals surface area contributed by atoms with Gasteiger partial charge in [-0.05, 0) is 69.0 Å². The van der Waals surface area contributed by atoms with Gasteiger partial charge in [0.25, 0.3) is 5.91 Å². The van der Waals surface area contributed by atoms with E-state index in [0.29, 0.717) is 29.8 Å². The minimum atomic E-state index is -0.703. The summed E-state index contributed by atoms with van der Waals surface area (Å²) in [5.74, 6) is -0.274. The molecule has 2 aromatic carbocycles. The molecule has 0 bridgehead atoms. The number of aliphatic hydroxyl groups is 1. The predicted octanol–water partition coefficient (Wildman–Crippen LogP) is 4.30. The van der Waals surface area contributed by atoms with Gasteiger partial charge in [-0.2, -0.15) is 0 Å². The number of nitrogens with one attached hydrogen (secondary N) is 2. The van der Waals surface area contributed by atoms with Crippen LogP contribution < -0.4 is 10.6 Å². The van der Waals surface area contributed by atoms with Crippen LogP contribution in [-0.2, 0) is 11.2 Å². The van der Waals surface area contributed by atoms with Crippen LogP contribution >= 0.6 is 0 Å². The van der Waals surface area contributed by atoms with Gasteiger partial charge >= 0.3 is 0 Å². The Morgan fingerprint density at radius 2 is 1.70 bits per heavy atom. The molecular weight excluding hydrogens is 340 g/mol. The van der Waals surface area contributed by atoms with Gasteiger partial charge in [0.2, 0.25) is 5.91 Å². The molecule has 27 heavy (non-hydrogen) atoms. The van der Waals surface area contributed by atoms with Crippen LogP contribution in [0.3, 0.4) is 0 Å². The highest BCUT2D eigenvalue weighted by Crippen LogP contribution is 2.21. The lowest BCUT2D eigenvalue weighted by Crippen LogP contribution is -2.19. The molecule has 144 valence electrons. The second-order valence-corrected chi connectivity index (χ2v) is 7.39. The minimum Gasteiger partial charge on any atom is -0.390 e. The number of hydrogen-bond donors (Lipinski definition) is 3. The number of benzene rings is 2. The van der Waals surface area contributed by atoms with Crippen molar-refractivity contribution in [3.8, 4) is 0 Å². The third-order valence-corrected chi connectivity index (χ3v) is 4.33. The fourth-order valence-electron chi connectivity index (χ4n) is 2.55. The molecule has 0 aliphatic rings. The number of amides is 2. The fraction of sp³-hybridized carbons (Fsp3) is 0.364. The van der Waals surface area contributed by atoms with Crippen LogP contribution in [0, 0.1) is 6.92 Å². The van der Waals surface area contributed by atoms with Crippen molar-refractivity contribution in [2.24, 2.45) is 0 Å². The molecule has 0 radical (unpaired) electrons. The van der Waals surface area contributed by atoms with E-state index < -0.39 is 5.60 Å². The summed E-state index contributed by atoms with van der Waals surface area (Å²) in [4.78, 5) is 24.1. The quantitative estimate of drug-likeness (QED) is 0.682. The van der Waals surface area contributed by atoms with Gasteiger partial charge in [0.1, 0.15) is 0 Å². The van der Waals surface area contributed by atoms with E-state index in [1.54, 1.807) is 39.0 Å². The van der Waals surface area contributed by atoms with E-state index in [0.717, 1.165) is 17.5 Å². The molecule has 2 aromatic rings. The third kappa shape index (κ3) is 6.53. The zero-order valence-electron chi connectivity index (χ0n) is 16.4. The summed E-state index contributed by atoms with van der Waals surface area (Å²) in [7, 11) is 0. The van der Waals surface area contributed by atoms with Gasteiger partial charge in [-0.3, -0.25) is 9.59 Å². The number of rotatable bonds is 7. The molecule has 0 aromatic heterocycles. The molecule has 0 heterocycles. The summed E-state index contributed by atoms with van der Waals surface area (Å²) >= 11 is 0. The molecule has 0 aliphatic carbocycles. The third-order valence-electron chi connectivity index (χ3n) is 4.33. The maximum Gasteiger partial charge on any atom is 0.255 e. The molecule has 5 nitrogen and oxygen atoms in total. The van der Waals surface area contributed by atoms with Crippen molar-refractivity contribution >= 4 is 23.2 Å². The van der Waals surface area contributed by atoms with Crippen molar-refractivity contribution in [1.82, 2.24) is 0 Å².